The van der Waals surface area contributed by atoms with Gasteiger partial charge in [0.05, 0.1) is 33.5 Å². The van der Waals surface area contributed by atoms with Gasteiger partial charge in [-0.25, -0.2) is 9.78 Å². The number of aromatic nitrogens is 1. The minimum absolute atomic E-state index is 0.00728. The number of rotatable bonds is 3. The maximum absolute atomic E-state index is 12.2. The summed E-state index contributed by atoms with van der Waals surface area (Å²) >= 11 is 1.46. The second-order valence-corrected chi connectivity index (χ2v) is 6.55. The monoisotopic (exact) mass is 334 g/mol. The minimum Gasteiger partial charge on any atom is -0.452 e. The first-order valence-corrected chi connectivity index (χ1v) is 8.34. The normalized spacial score (nSPS) is 21.4. The Labute approximate surface area is 138 Å². The SMILES string of the molecule is C[C@@H]1CN(C(=O)COC(=O)c2ccc3ncsc3c2)C[C@@H](C)O1. The van der Waals surface area contributed by atoms with Crippen molar-refractivity contribution in [2.75, 3.05) is 19.7 Å². The maximum Gasteiger partial charge on any atom is 0.338 e. The molecule has 7 heteroatoms. The zero-order chi connectivity index (χ0) is 16.4. The molecular formula is C16H18N2O4S. The van der Waals surface area contributed by atoms with Crippen LogP contribution in [0.4, 0.5) is 0 Å². The Bertz CT molecular complexity index is 720. The molecule has 1 aromatic heterocycles. The number of amides is 1. The van der Waals surface area contributed by atoms with Gasteiger partial charge in [-0.05, 0) is 32.0 Å². The van der Waals surface area contributed by atoms with Gasteiger partial charge < -0.3 is 14.4 Å². The molecule has 3 rings (SSSR count). The first kappa shape index (κ1) is 15.9. The van der Waals surface area contributed by atoms with Gasteiger partial charge in [0.15, 0.2) is 6.61 Å². The van der Waals surface area contributed by atoms with Gasteiger partial charge in [-0.2, -0.15) is 0 Å². The molecule has 2 aromatic rings. The van der Waals surface area contributed by atoms with Crippen molar-refractivity contribution in [3.8, 4) is 0 Å². The Morgan fingerprint density at radius 3 is 2.83 bits per heavy atom. The predicted octanol–water partition coefficient (Wildman–Crippen LogP) is 2.09. The second kappa shape index (κ2) is 6.64. The summed E-state index contributed by atoms with van der Waals surface area (Å²) < 4.78 is 11.7. The standard InChI is InChI=1S/C16H18N2O4S/c1-10-6-18(7-11(2)22-10)15(19)8-21-16(20)12-3-4-13-14(5-12)23-9-17-13/h3-5,9-11H,6-8H2,1-2H3/t10-,11-/m1/s1. The zero-order valence-electron chi connectivity index (χ0n) is 13.0. The average Bonchev–Trinajstić information content (AvgIpc) is 2.98. The van der Waals surface area contributed by atoms with Crippen LogP contribution in [0.1, 0.15) is 24.2 Å². The van der Waals surface area contributed by atoms with Crippen LogP contribution in [0.2, 0.25) is 0 Å². The van der Waals surface area contributed by atoms with E-state index in [4.69, 9.17) is 9.47 Å². The summed E-state index contributed by atoms with van der Waals surface area (Å²) in [6.45, 7) is 4.64. The molecule has 23 heavy (non-hydrogen) atoms. The second-order valence-electron chi connectivity index (χ2n) is 5.67. The van der Waals surface area contributed by atoms with Crippen molar-refractivity contribution in [3.05, 3.63) is 29.3 Å². The fraction of sp³-hybridized carbons (Fsp3) is 0.438. The van der Waals surface area contributed by atoms with Gasteiger partial charge in [-0.15, -0.1) is 11.3 Å². The van der Waals surface area contributed by atoms with Gasteiger partial charge in [0.25, 0.3) is 5.91 Å². The third-order valence-electron chi connectivity index (χ3n) is 3.67. The van der Waals surface area contributed by atoms with Crippen molar-refractivity contribution in [3.63, 3.8) is 0 Å². The number of carbonyl (C=O) groups excluding carboxylic acids is 2. The van der Waals surface area contributed by atoms with Gasteiger partial charge in [-0.3, -0.25) is 4.79 Å². The van der Waals surface area contributed by atoms with Gasteiger partial charge in [-0.1, -0.05) is 0 Å². The highest BCUT2D eigenvalue weighted by atomic mass is 32.1. The summed E-state index contributed by atoms with van der Waals surface area (Å²) in [5.74, 6) is -0.692. The van der Waals surface area contributed by atoms with E-state index in [0.29, 0.717) is 18.7 Å². The topological polar surface area (TPSA) is 68.7 Å². The van der Waals surface area contributed by atoms with Gasteiger partial charge in [0, 0.05) is 13.1 Å². The molecule has 0 saturated carbocycles. The number of fused-ring (bicyclic) bond motifs is 1. The van der Waals surface area contributed by atoms with Crippen molar-refractivity contribution in [2.45, 2.75) is 26.1 Å². The Morgan fingerprint density at radius 1 is 1.35 bits per heavy atom. The van der Waals surface area contributed by atoms with Crippen LogP contribution in [0.5, 0.6) is 0 Å². The highest BCUT2D eigenvalue weighted by Gasteiger charge is 2.26. The van der Waals surface area contributed by atoms with Gasteiger partial charge >= 0.3 is 5.97 Å². The molecule has 1 saturated heterocycles. The lowest BCUT2D eigenvalue weighted by atomic mass is 10.2. The van der Waals surface area contributed by atoms with Gasteiger partial charge in [0.2, 0.25) is 0 Å². The molecule has 1 aromatic carbocycles. The highest BCUT2D eigenvalue weighted by Crippen LogP contribution is 2.19. The molecule has 122 valence electrons. The van der Waals surface area contributed by atoms with Crippen LogP contribution in [0.15, 0.2) is 23.7 Å². The molecule has 1 aliphatic rings. The molecule has 1 amide bonds. The molecule has 0 bridgehead atoms. The highest BCUT2D eigenvalue weighted by molar-refractivity contribution is 7.16. The molecule has 0 N–H and O–H groups in total. The molecule has 1 aliphatic heterocycles. The number of benzene rings is 1. The van der Waals surface area contributed by atoms with E-state index >= 15 is 0 Å². The van der Waals surface area contributed by atoms with Crippen LogP contribution >= 0.6 is 11.3 Å². The summed E-state index contributed by atoms with van der Waals surface area (Å²) in [7, 11) is 0. The summed E-state index contributed by atoms with van der Waals surface area (Å²) in [5, 5.41) is 0. The number of ether oxygens (including phenoxy) is 2. The van der Waals surface area contributed by atoms with Crippen LogP contribution in [-0.2, 0) is 14.3 Å². The van der Waals surface area contributed by atoms with E-state index in [0.717, 1.165) is 10.2 Å². The number of carbonyl (C=O) groups is 2. The zero-order valence-corrected chi connectivity index (χ0v) is 13.8. The number of nitrogens with zero attached hydrogens (tertiary/aromatic N) is 2. The Hall–Kier alpha value is -1.99. The number of thiazole rings is 1. The summed E-state index contributed by atoms with van der Waals surface area (Å²) in [6.07, 6.45) is -0.0146. The Morgan fingerprint density at radius 2 is 2.09 bits per heavy atom. The molecular weight excluding hydrogens is 316 g/mol. The third-order valence-corrected chi connectivity index (χ3v) is 4.46. The van der Waals surface area contributed by atoms with Crippen molar-refractivity contribution >= 4 is 33.4 Å². The predicted molar refractivity (Wildman–Crippen MR) is 86.5 cm³/mol. The van der Waals surface area contributed by atoms with Crippen LogP contribution in [0, 0.1) is 0 Å². The van der Waals surface area contributed by atoms with Crippen LogP contribution in [0.3, 0.4) is 0 Å². The molecule has 6 nitrogen and oxygen atoms in total. The lowest BCUT2D eigenvalue weighted by molar-refractivity contribution is -0.146. The van der Waals surface area contributed by atoms with E-state index in [9.17, 15) is 9.59 Å². The lowest BCUT2D eigenvalue weighted by Gasteiger charge is -2.35. The van der Waals surface area contributed by atoms with E-state index in [1.165, 1.54) is 11.3 Å². The number of hydrogen-bond donors (Lipinski definition) is 0. The average molecular weight is 334 g/mol. The molecule has 0 aliphatic carbocycles. The number of hydrogen-bond acceptors (Lipinski definition) is 6. The molecule has 0 unspecified atom stereocenters. The smallest absolute Gasteiger partial charge is 0.338 e. The van der Waals surface area contributed by atoms with Crippen molar-refractivity contribution in [1.82, 2.24) is 9.88 Å². The van der Waals surface area contributed by atoms with E-state index in [1.54, 1.807) is 28.6 Å². The summed E-state index contributed by atoms with van der Waals surface area (Å²) in [5.41, 5.74) is 3.00. The molecule has 0 radical (unpaired) electrons. The van der Waals surface area contributed by atoms with E-state index in [1.807, 2.05) is 13.8 Å². The van der Waals surface area contributed by atoms with Crippen molar-refractivity contribution in [2.24, 2.45) is 0 Å². The van der Waals surface area contributed by atoms with E-state index in [2.05, 4.69) is 4.98 Å². The Kier molecular flexibility index (Phi) is 4.58. The molecule has 1 fully saturated rings. The molecule has 0 spiro atoms. The quantitative estimate of drug-likeness (QED) is 0.804. The van der Waals surface area contributed by atoms with Crippen LogP contribution in [0.25, 0.3) is 10.2 Å². The number of esters is 1. The van der Waals surface area contributed by atoms with E-state index < -0.39 is 5.97 Å². The minimum atomic E-state index is -0.497. The fourth-order valence-corrected chi connectivity index (χ4v) is 3.38. The largest absolute Gasteiger partial charge is 0.452 e. The van der Waals surface area contributed by atoms with Gasteiger partial charge in [0.1, 0.15) is 0 Å². The summed E-state index contributed by atoms with van der Waals surface area (Å²) in [6, 6.07) is 5.17. The van der Waals surface area contributed by atoms with Crippen molar-refractivity contribution < 1.29 is 19.1 Å². The molecule has 2 heterocycles. The number of morpholine rings is 1. The summed E-state index contributed by atoms with van der Waals surface area (Å²) in [4.78, 5) is 30.1. The first-order chi connectivity index (χ1) is 11.0. The van der Waals surface area contributed by atoms with Crippen LogP contribution in [-0.4, -0.2) is 53.7 Å². The van der Waals surface area contributed by atoms with Crippen LogP contribution < -0.4 is 0 Å². The molecule has 2 atom stereocenters. The van der Waals surface area contributed by atoms with Crippen molar-refractivity contribution in [1.29, 1.82) is 0 Å². The van der Waals surface area contributed by atoms with E-state index in [-0.39, 0.29) is 24.7 Å². The first-order valence-electron chi connectivity index (χ1n) is 7.46. The lowest BCUT2D eigenvalue weighted by Crippen LogP contribution is -2.49. The fourth-order valence-electron chi connectivity index (χ4n) is 2.67. The Balaban J connectivity index is 1.58. The third kappa shape index (κ3) is 3.68. The maximum atomic E-state index is 12.2.